The molecule has 172 valence electrons. The lowest BCUT2D eigenvalue weighted by atomic mass is 9.65. The molecule has 0 bridgehead atoms. The van der Waals surface area contributed by atoms with Crippen molar-refractivity contribution in [3.63, 3.8) is 0 Å². The van der Waals surface area contributed by atoms with Gasteiger partial charge >= 0.3 is 6.03 Å². The lowest BCUT2D eigenvalue weighted by Crippen LogP contribution is -2.51. The van der Waals surface area contributed by atoms with Gasteiger partial charge in [0.25, 0.3) is 5.91 Å². The monoisotopic (exact) mass is 422 g/mol. The van der Waals surface area contributed by atoms with Crippen LogP contribution in [-0.2, 0) is 9.59 Å². The van der Waals surface area contributed by atoms with E-state index < -0.39 is 11.6 Å². The van der Waals surface area contributed by atoms with Crippen molar-refractivity contribution < 1.29 is 14.4 Å². The van der Waals surface area contributed by atoms with Crippen molar-refractivity contribution in [2.75, 3.05) is 19.6 Å². The molecule has 0 aromatic heterocycles. The zero-order chi connectivity index (χ0) is 22.7. The van der Waals surface area contributed by atoms with E-state index in [4.69, 9.17) is 0 Å². The standard InChI is InChI=1S/C23H42N4O3/c1-8-22(6,7)18-9-11-23(12-10-18)20(29)27(21(30)25-23)15-19(28)24-13-14-26(16(2)3)17(4)5/h16-18H,8-15H2,1-7H3,(H,24,28)(H,25,30). The highest BCUT2D eigenvalue weighted by atomic mass is 16.2. The SMILES string of the molecule is CCC(C)(C)C1CCC2(CC1)NC(=O)N(CC(=O)NCCN(C(C)C)C(C)C)C2=O. The Labute approximate surface area is 182 Å². The number of carbonyl (C=O) groups is 3. The molecule has 0 aromatic rings. The lowest BCUT2D eigenvalue weighted by Gasteiger charge is -2.42. The smallest absolute Gasteiger partial charge is 0.325 e. The molecule has 2 fully saturated rings. The van der Waals surface area contributed by atoms with Crippen LogP contribution < -0.4 is 10.6 Å². The Morgan fingerprint density at radius 2 is 1.77 bits per heavy atom. The van der Waals surface area contributed by atoms with Crippen molar-refractivity contribution >= 4 is 17.8 Å². The van der Waals surface area contributed by atoms with Crippen LogP contribution in [0.5, 0.6) is 0 Å². The van der Waals surface area contributed by atoms with Gasteiger partial charge in [-0.25, -0.2) is 4.79 Å². The fraction of sp³-hybridized carbons (Fsp3) is 0.870. The quantitative estimate of drug-likeness (QED) is 0.559. The van der Waals surface area contributed by atoms with Gasteiger partial charge in [-0.15, -0.1) is 0 Å². The zero-order valence-electron chi connectivity index (χ0n) is 20.0. The summed E-state index contributed by atoms with van der Waals surface area (Å²) in [7, 11) is 0. The summed E-state index contributed by atoms with van der Waals surface area (Å²) in [4.78, 5) is 41.4. The maximum Gasteiger partial charge on any atom is 0.325 e. The van der Waals surface area contributed by atoms with Crippen LogP contribution in [0.25, 0.3) is 0 Å². The first-order chi connectivity index (χ1) is 13.9. The van der Waals surface area contributed by atoms with Gasteiger partial charge in [-0.2, -0.15) is 0 Å². The van der Waals surface area contributed by atoms with Gasteiger partial charge < -0.3 is 10.6 Å². The lowest BCUT2D eigenvalue weighted by molar-refractivity contribution is -0.136. The molecule has 1 saturated carbocycles. The maximum absolute atomic E-state index is 13.1. The van der Waals surface area contributed by atoms with Crippen molar-refractivity contribution in [2.24, 2.45) is 11.3 Å². The van der Waals surface area contributed by atoms with Crippen molar-refractivity contribution in [3.05, 3.63) is 0 Å². The van der Waals surface area contributed by atoms with Crippen molar-refractivity contribution in [1.29, 1.82) is 0 Å². The molecule has 7 heteroatoms. The van der Waals surface area contributed by atoms with E-state index in [1.165, 1.54) is 0 Å². The number of hydrogen-bond donors (Lipinski definition) is 2. The summed E-state index contributed by atoms with van der Waals surface area (Å²) in [6.45, 7) is 16.3. The highest BCUT2D eigenvalue weighted by molar-refractivity contribution is 6.09. The topological polar surface area (TPSA) is 81.8 Å². The molecule has 1 saturated heterocycles. The second-order valence-electron chi connectivity index (χ2n) is 10.3. The molecule has 30 heavy (non-hydrogen) atoms. The molecule has 2 aliphatic rings. The minimum atomic E-state index is -0.816. The fourth-order valence-electron chi connectivity index (χ4n) is 4.98. The Morgan fingerprint density at radius 3 is 2.27 bits per heavy atom. The van der Waals surface area contributed by atoms with Gasteiger partial charge in [0, 0.05) is 25.2 Å². The first-order valence-corrected chi connectivity index (χ1v) is 11.6. The molecule has 2 rings (SSSR count). The number of urea groups is 1. The number of nitrogens with zero attached hydrogens (tertiary/aromatic N) is 2. The summed E-state index contributed by atoms with van der Waals surface area (Å²) in [5.74, 6) is 0.0326. The zero-order valence-corrected chi connectivity index (χ0v) is 20.0. The molecule has 0 atom stereocenters. The van der Waals surface area contributed by atoms with Crippen molar-refractivity contribution in [2.45, 2.75) is 98.2 Å². The van der Waals surface area contributed by atoms with Crippen molar-refractivity contribution in [1.82, 2.24) is 20.4 Å². The maximum atomic E-state index is 13.1. The summed E-state index contributed by atoms with van der Waals surface area (Å²) in [5.41, 5.74) is -0.573. The van der Waals surface area contributed by atoms with Gasteiger partial charge in [0.15, 0.2) is 0 Å². The van der Waals surface area contributed by atoms with E-state index in [9.17, 15) is 14.4 Å². The van der Waals surface area contributed by atoms with Crippen LogP contribution in [0.3, 0.4) is 0 Å². The average molecular weight is 423 g/mol. The molecule has 0 unspecified atom stereocenters. The average Bonchev–Trinajstić information content (AvgIpc) is 2.89. The van der Waals surface area contributed by atoms with E-state index in [1.807, 2.05) is 0 Å². The van der Waals surface area contributed by atoms with Crippen LogP contribution in [0.1, 0.15) is 80.6 Å². The Morgan fingerprint density at radius 1 is 1.20 bits per heavy atom. The highest BCUT2D eigenvalue weighted by Gasteiger charge is 2.53. The molecule has 0 aromatic carbocycles. The highest BCUT2D eigenvalue weighted by Crippen LogP contribution is 2.45. The predicted molar refractivity (Wildman–Crippen MR) is 119 cm³/mol. The second kappa shape index (κ2) is 9.67. The number of rotatable bonds is 9. The van der Waals surface area contributed by atoms with Gasteiger partial charge in [0.2, 0.25) is 5.91 Å². The number of nitrogens with one attached hydrogen (secondary N) is 2. The summed E-state index contributed by atoms with van der Waals surface area (Å²) in [6, 6.07) is 0.343. The van der Waals surface area contributed by atoms with E-state index in [0.29, 0.717) is 37.4 Å². The van der Waals surface area contributed by atoms with E-state index >= 15 is 0 Å². The molecule has 2 N–H and O–H groups in total. The Hall–Kier alpha value is -1.63. The van der Waals surface area contributed by atoms with Crippen LogP contribution in [0.2, 0.25) is 0 Å². The van der Waals surface area contributed by atoms with Crippen LogP contribution in [0, 0.1) is 11.3 Å². The summed E-state index contributed by atoms with van der Waals surface area (Å²) >= 11 is 0. The third-order valence-corrected chi connectivity index (χ3v) is 7.42. The third-order valence-electron chi connectivity index (χ3n) is 7.42. The van der Waals surface area contributed by atoms with Crippen molar-refractivity contribution in [3.8, 4) is 0 Å². The van der Waals surface area contributed by atoms with Gasteiger partial charge in [-0.05, 0) is 64.7 Å². The van der Waals surface area contributed by atoms with Crippen LogP contribution >= 0.6 is 0 Å². The van der Waals surface area contributed by atoms with Crippen LogP contribution in [0.15, 0.2) is 0 Å². The largest absolute Gasteiger partial charge is 0.353 e. The number of imide groups is 1. The third kappa shape index (κ3) is 5.34. The Kier molecular flexibility index (Phi) is 7.94. The minimum absolute atomic E-state index is 0.209. The first-order valence-electron chi connectivity index (χ1n) is 11.6. The van der Waals surface area contributed by atoms with E-state index in [2.05, 4.69) is 64.0 Å². The molecular weight excluding hydrogens is 380 g/mol. The molecule has 1 spiro atoms. The Bertz CT molecular complexity index is 628. The van der Waals surface area contributed by atoms with Crippen LogP contribution in [-0.4, -0.2) is 64.9 Å². The molecule has 4 amide bonds. The molecule has 1 heterocycles. The van der Waals surface area contributed by atoms with Gasteiger partial charge in [0.1, 0.15) is 12.1 Å². The van der Waals surface area contributed by atoms with E-state index in [-0.39, 0.29) is 23.8 Å². The molecule has 1 aliphatic heterocycles. The molecular formula is C23H42N4O3. The summed E-state index contributed by atoms with van der Waals surface area (Å²) < 4.78 is 0. The predicted octanol–water partition coefficient (Wildman–Crippen LogP) is 3.14. The number of carbonyl (C=O) groups excluding carboxylic acids is 3. The molecule has 1 aliphatic carbocycles. The summed E-state index contributed by atoms with van der Waals surface area (Å²) in [5, 5.41) is 5.78. The second-order valence-corrected chi connectivity index (χ2v) is 10.3. The summed E-state index contributed by atoms with van der Waals surface area (Å²) in [6.07, 6.45) is 4.26. The Balaban J connectivity index is 1.89. The van der Waals surface area contributed by atoms with Gasteiger partial charge in [-0.1, -0.05) is 27.2 Å². The van der Waals surface area contributed by atoms with E-state index in [1.54, 1.807) is 0 Å². The normalized spacial score (nSPS) is 25.0. The van der Waals surface area contributed by atoms with Gasteiger partial charge in [-0.3, -0.25) is 19.4 Å². The minimum Gasteiger partial charge on any atom is -0.353 e. The fourth-order valence-corrected chi connectivity index (χ4v) is 4.98. The molecule has 7 nitrogen and oxygen atoms in total. The number of hydrogen-bond acceptors (Lipinski definition) is 4. The van der Waals surface area contributed by atoms with E-state index in [0.717, 1.165) is 30.7 Å². The first kappa shape index (κ1) is 24.6. The van der Waals surface area contributed by atoms with Crippen LogP contribution in [0.4, 0.5) is 4.79 Å². The molecule has 0 radical (unpaired) electrons. The van der Waals surface area contributed by atoms with Gasteiger partial charge in [0.05, 0.1) is 0 Å². The number of amides is 4.